The molecule has 0 aliphatic carbocycles. The number of aliphatic hydroxyl groups is 1. The molecule has 1 aliphatic rings. The Balaban J connectivity index is 1.90. The second kappa shape index (κ2) is 7.43. The van der Waals surface area contributed by atoms with Crippen LogP contribution in [0.15, 0.2) is 24.3 Å². The number of benzene rings is 1. The van der Waals surface area contributed by atoms with Gasteiger partial charge in [0.15, 0.2) is 0 Å². The lowest BCUT2D eigenvalue weighted by atomic mass is 10.1. The molecule has 0 bridgehead atoms. The molecule has 1 saturated heterocycles. The zero-order valence-electron chi connectivity index (χ0n) is 12.7. The van der Waals surface area contributed by atoms with Gasteiger partial charge in [-0.25, -0.2) is 4.79 Å². The summed E-state index contributed by atoms with van der Waals surface area (Å²) in [6.45, 7) is 6.03. The number of aryl methyl sites for hydroxylation is 1. The summed E-state index contributed by atoms with van der Waals surface area (Å²) in [4.78, 5) is 13.8. The van der Waals surface area contributed by atoms with Gasteiger partial charge in [0, 0.05) is 13.2 Å². The second-order valence-corrected chi connectivity index (χ2v) is 5.48. The second-order valence-electron chi connectivity index (χ2n) is 5.48. The fraction of sp³-hybridized carbons (Fsp3) is 0.562. The van der Waals surface area contributed by atoms with Gasteiger partial charge in [0.1, 0.15) is 0 Å². The van der Waals surface area contributed by atoms with Crippen LogP contribution in [0.1, 0.15) is 30.6 Å². The Bertz CT molecular complexity index is 455. The van der Waals surface area contributed by atoms with E-state index in [1.54, 1.807) is 4.90 Å². The van der Waals surface area contributed by atoms with Crippen molar-refractivity contribution in [1.82, 2.24) is 10.2 Å². The Hall–Kier alpha value is -1.59. The van der Waals surface area contributed by atoms with Crippen LogP contribution in [-0.4, -0.2) is 48.4 Å². The molecule has 5 nitrogen and oxygen atoms in total. The predicted octanol–water partition coefficient (Wildman–Crippen LogP) is 1.85. The van der Waals surface area contributed by atoms with Gasteiger partial charge >= 0.3 is 6.03 Å². The van der Waals surface area contributed by atoms with Gasteiger partial charge in [-0.2, -0.15) is 0 Å². The van der Waals surface area contributed by atoms with E-state index in [1.165, 1.54) is 0 Å². The first-order valence-electron chi connectivity index (χ1n) is 7.48. The number of nitrogens with one attached hydrogen (secondary N) is 1. The minimum absolute atomic E-state index is 0.0862. The molecule has 2 N–H and O–H groups in total. The molecule has 21 heavy (non-hydrogen) atoms. The van der Waals surface area contributed by atoms with Gasteiger partial charge in [0.05, 0.1) is 25.3 Å². The molecular weight excluding hydrogens is 268 g/mol. The number of amides is 2. The molecule has 2 unspecified atom stereocenters. The number of urea groups is 1. The topological polar surface area (TPSA) is 61.8 Å². The summed E-state index contributed by atoms with van der Waals surface area (Å²) >= 11 is 0. The lowest BCUT2D eigenvalue weighted by Gasteiger charge is -2.26. The van der Waals surface area contributed by atoms with Crippen LogP contribution in [0.2, 0.25) is 0 Å². The van der Waals surface area contributed by atoms with Crippen molar-refractivity contribution in [2.24, 2.45) is 0 Å². The normalized spacial score (nSPS) is 19.3. The summed E-state index contributed by atoms with van der Waals surface area (Å²) in [5.74, 6) is 0. The fourth-order valence-electron chi connectivity index (χ4n) is 2.37. The third kappa shape index (κ3) is 4.44. The van der Waals surface area contributed by atoms with Crippen molar-refractivity contribution in [3.8, 4) is 0 Å². The minimum Gasteiger partial charge on any atom is -0.387 e. The molecule has 0 saturated carbocycles. The van der Waals surface area contributed by atoms with Crippen molar-refractivity contribution < 1.29 is 14.6 Å². The molecule has 1 aromatic rings. The lowest BCUT2D eigenvalue weighted by Crippen LogP contribution is -2.46. The van der Waals surface area contributed by atoms with E-state index in [4.69, 9.17) is 4.74 Å². The first-order valence-corrected chi connectivity index (χ1v) is 7.48. The lowest BCUT2D eigenvalue weighted by molar-refractivity contribution is 0.121. The molecule has 0 radical (unpaired) electrons. The average Bonchev–Trinajstić information content (AvgIpc) is 2.98. The van der Waals surface area contributed by atoms with Crippen molar-refractivity contribution in [2.75, 3.05) is 26.3 Å². The summed E-state index contributed by atoms with van der Waals surface area (Å²) in [5.41, 5.74) is 1.98. The average molecular weight is 292 g/mol. The van der Waals surface area contributed by atoms with Crippen LogP contribution in [0.5, 0.6) is 0 Å². The number of carbonyl (C=O) groups excluding carboxylic acids is 1. The Morgan fingerprint density at radius 1 is 1.48 bits per heavy atom. The van der Waals surface area contributed by atoms with E-state index in [-0.39, 0.29) is 12.1 Å². The molecule has 2 amide bonds. The largest absolute Gasteiger partial charge is 0.387 e. The van der Waals surface area contributed by atoms with Crippen molar-refractivity contribution in [3.05, 3.63) is 35.4 Å². The molecule has 0 spiro atoms. The van der Waals surface area contributed by atoms with Crippen molar-refractivity contribution in [2.45, 2.75) is 32.4 Å². The molecule has 1 fully saturated rings. The monoisotopic (exact) mass is 292 g/mol. The highest BCUT2D eigenvalue weighted by Gasteiger charge is 2.22. The number of carbonyl (C=O) groups is 1. The number of hydrogen-bond acceptors (Lipinski definition) is 3. The van der Waals surface area contributed by atoms with E-state index in [0.29, 0.717) is 26.3 Å². The molecule has 1 heterocycles. The van der Waals surface area contributed by atoms with Crippen LogP contribution in [-0.2, 0) is 4.74 Å². The van der Waals surface area contributed by atoms with Crippen LogP contribution in [0.3, 0.4) is 0 Å². The summed E-state index contributed by atoms with van der Waals surface area (Å²) in [6.07, 6.45) is 0.181. The maximum Gasteiger partial charge on any atom is 0.317 e. The van der Waals surface area contributed by atoms with Crippen molar-refractivity contribution in [1.29, 1.82) is 0 Å². The summed E-state index contributed by atoms with van der Waals surface area (Å²) in [6, 6.07) is 7.67. The van der Waals surface area contributed by atoms with E-state index < -0.39 is 6.10 Å². The third-order valence-corrected chi connectivity index (χ3v) is 3.78. The summed E-state index contributed by atoms with van der Waals surface area (Å²) in [5, 5.41) is 13.2. The zero-order valence-corrected chi connectivity index (χ0v) is 12.7. The van der Waals surface area contributed by atoms with E-state index in [2.05, 4.69) is 5.32 Å². The highest BCUT2D eigenvalue weighted by molar-refractivity contribution is 5.74. The summed E-state index contributed by atoms with van der Waals surface area (Å²) < 4.78 is 5.25. The Labute approximate surface area is 125 Å². The fourth-order valence-corrected chi connectivity index (χ4v) is 2.37. The van der Waals surface area contributed by atoms with Gasteiger partial charge in [-0.1, -0.05) is 29.8 Å². The van der Waals surface area contributed by atoms with Gasteiger partial charge in [-0.3, -0.25) is 0 Å². The van der Waals surface area contributed by atoms with Crippen molar-refractivity contribution in [3.63, 3.8) is 0 Å². The van der Waals surface area contributed by atoms with Gasteiger partial charge in [-0.05, 0) is 25.8 Å². The van der Waals surface area contributed by atoms with E-state index in [0.717, 1.165) is 17.5 Å². The maximum atomic E-state index is 12.2. The van der Waals surface area contributed by atoms with Gasteiger partial charge in [0.2, 0.25) is 0 Å². The van der Waals surface area contributed by atoms with Gasteiger partial charge in [0.25, 0.3) is 0 Å². The molecular formula is C16H24N2O3. The molecule has 2 atom stereocenters. The minimum atomic E-state index is -0.670. The molecule has 116 valence electrons. The zero-order chi connectivity index (χ0) is 15.2. The number of rotatable bonds is 5. The quantitative estimate of drug-likeness (QED) is 0.870. The van der Waals surface area contributed by atoms with Crippen LogP contribution < -0.4 is 5.32 Å². The van der Waals surface area contributed by atoms with E-state index in [9.17, 15) is 9.90 Å². The highest BCUT2D eigenvalue weighted by Crippen LogP contribution is 2.15. The third-order valence-electron chi connectivity index (χ3n) is 3.78. The number of ether oxygens (including phenoxy) is 1. The smallest absolute Gasteiger partial charge is 0.317 e. The molecule has 5 heteroatoms. The molecule has 1 aromatic carbocycles. The first kappa shape index (κ1) is 15.8. The Morgan fingerprint density at radius 3 is 2.76 bits per heavy atom. The van der Waals surface area contributed by atoms with E-state index >= 15 is 0 Å². The maximum absolute atomic E-state index is 12.2. The van der Waals surface area contributed by atoms with Crippen LogP contribution in [0.25, 0.3) is 0 Å². The Morgan fingerprint density at radius 2 is 2.19 bits per heavy atom. The Kier molecular flexibility index (Phi) is 5.59. The van der Waals surface area contributed by atoms with Crippen LogP contribution >= 0.6 is 0 Å². The number of hydrogen-bond donors (Lipinski definition) is 2. The molecule has 2 rings (SSSR count). The van der Waals surface area contributed by atoms with Crippen molar-refractivity contribution >= 4 is 6.03 Å². The number of nitrogens with zero attached hydrogens (tertiary/aromatic N) is 1. The molecule has 1 aliphatic heterocycles. The molecule has 0 aromatic heterocycles. The predicted molar refractivity (Wildman–Crippen MR) is 81.1 cm³/mol. The van der Waals surface area contributed by atoms with Crippen LogP contribution in [0.4, 0.5) is 4.79 Å². The van der Waals surface area contributed by atoms with Gasteiger partial charge in [-0.15, -0.1) is 0 Å². The summed E-state index contributed by atoms with van der Waals surface area (Å²) in [7, 11) is 0. The SMILES string of the molecule is CCN(CC(O)c1ccc(C)cc1)C(=O)NC1CCOC1. The first-order chi connectivity index (χ1) is 10.1. The standard InChI is InChI=1S/C16H24N2O3/c1-3-18(16(20)17-14-8-9-21-11-14)10-15(19)13-6-4-12(2)5-7-13/h4-7,14-15,19H,3,8-11H2,1-2H3,(H,17,20). The number of aliphatic hydroxyl groups excluding tert-OH is 1. The van der Waals surface area contributed by atoms with Crippen LogP contribution in [0, 0.1) is 6.92 Å². The highest BCUT2D eigenvalue weighted by atomic mass is 16.5. The van der Waals surface area contributed by atoms with Gasteiger partial charge < -0.3 is 20.1 Å². The number of likely N-dealkylation sites (N-methyl/N-ethyl adjacent to an activating group) is 1. The van der Waals surface area contributed by atoms with E-state index in [1.807, 2.05) is 38.1 Å².